The second kappa shape index (κ2) is 12.7. The molecule has 1 heterocycles. The summed E-state index contributed by atoms with van der Waals surface area (Å²) in [6, 6.07) is 36.3. The minimum absolute atomic E-state index is 0.0522. The first-order chi connectivity index (χ1) is 21.7. The van der Waals surface area contributed by atoms with Gasteiger partial charge in [-0.05, 0) is 78.8 Å². The molecule has 5 aromatic carbocycles. The highest BCUT2D eigenvalue weighted by molar-refractivity contribution is 7.85. The molecule has 0 atom stereocenters. The number of rotatable bonds is 10. The first-order valence-electron chi connectivity index (χ1n) is 14.9. The quantitative estimate of drug-likeness (QED) is 0.156. The van der Waals surface area contributed by atoms with Gasteiger partial charge in [0, 0.05) is 17.5 Å². The fraction of sp³-hybridized carbons (Fsp3) is 0.158. The molecule has 0 bridgehead atoms. The molecule has 0 aliphatic heterocycles. The molecule has 0 saturated heterocycles. The molecule has 5 nitrogen and oxygen atoms in total. The van der Waals surface area contributed by atoms with Crippen LogP contribution >= 0.6 is 0 Å². The van der Waals surface area contributed by atoms with Gasteiger partial charge in [0.05, 0.1) is 16.1 Å². The summed E-state index contributed by atoms with van der Waals surface area (Å²) in [6.07, 6.45) is 1.07. The molecule has 0 amide bonds. The molecule has 6 aromatic rings. The molecule has 0 fully saturated rings. The molecule has 0 aliphatic carbocycles. The maximum Gasteiger partial charge on any atom is 0.294 e. The van der Waals surface area contributed by atoms with E-state index in [-0.39, 0.29) is 10.7 Å². The molecule has 0 saturated carbocycles. The largest absolute Gasteiger partial charge is 0.489 e. The van der Waals surface area contributed by atoms with Crippen molar-refractivity contribution in [3.63, 3.8) is 0 Å². The third-order valence-corrected chi connectivity index (χ3v) is 9.12. The zero-order chi connectivity index (χ0) is 31.6. The van der Waals surface area contributed by atoms with Crippen LogP contribution in [0.3, 0.4) is 0 Å². The van der Waals surface area contributed by atoms with Crippen molar-refractivity contribution in [1.82, 2.24) is 4.57 Å². The van der Waals surface area contributed by atoms with Gasteiger partial charge in [-0.25, -0.2) is 4.39 Å². The number of ether oxygens (including phenoxy) is 1. The van der Waals surface area contributed by atoms with E-state index in [0.717, 1.165) is 38.9 Å². The van der Waals surface area contributed by atoms with Gasteiger partial charge in [-0.2, -0.15) is 8.42 Å². The number of aryl methyl sites for hydroxylation is 4. The monoisotopic (exact) mass is 619 g/mol. The Morgan fingerprint density at radius 3 is 2.20 bits per heavy atom. The van der Waals surface area contributed by atoms with Crippen LogP contribution in [0.5, 0.6) is 5.75 Å². The third-order valence-electron chi connectivity index (χ3n) is 8.16. The zero-order valence-electron chi connectivity index (χ0n) is 25.2. The highest BCUT2D eigenvalue weighted by atomic mass is 32.2. The van der Waals surface area contributed by atoms with Crippen molar-refractivity contribution in [2.45, 2.75) is 44.7 Å². The van der Waals surface area contributed by atoms with Crippen LogP contribution in [0, 0.1) is 19.7 Å². The molecule has 0 spiro atoms. The number of fused-ring (bicyclic) bond motifs is 1. The van der Waals surface area contributed by atoms with Gasteiger partial charge in [-0.1, -0.05) is 96.6 Å². The molecule has 228 valence electrons. The van der Waals surface area contributed by atoms with Crippen molar-refractivity contribution in [1.29, 1.82) is 0 Å². The van der Waals surface area contributed by atoms with Gasteiger partial charge in [-0.3, -0.25) is 4.55 Å². The molecular formula is C38H34FNO4S. The average molecular weight is 620 g/mol. The lowest BCUT2D eigenvalue weighted by atomic mass is 10.0. The third kappa shape index (κ3) is 6.70. The Morgan fingerprint density at radius 2 is 1.47 bits per heavy atom. The summed E-state index contributed by atoms with van der Waals surface area (Å²) in [5.74, 6) is 0.322. The van der Waals surface area contributed by atoms with E-state index in [1.54, 1.807) is 18.2 Å². The molecule has 0 aliphatic rings. The Balaban J connectivity index is 1.29. The van der Waals surface area contributed by atoms with Crippen LogP contribution in [0.15, 0.2) is 120 Å². The van der Waals surface area contributed by atoms with Crippen LogP contribution in [-0.2, 0) is 36.1 Å². The van der Waals surface area contributed by atoms with E-state index in [4.69, 9.17) is 4.74 Å². The molecular weight excluding hydrogens is 585 g/mol. The lowest BCUT2D eigenvalue weighted by Gasteiger charge is -2.14. The van der Waals surface area contributed by atoms with E-state index in [9.17, 15) is 13.0 Å². The van der Waals surface area contributed by atoms with Crippen LogP contribution in [-0.4, -0.2) is 17.5 Å². The molecule has 6 rings (SSSR count). The van der Waals surface area contributed by atoms with Crippen molar-refractivity contribution < 1.29 is 22.1 Å². The summed E-state index contributed by atoms with van der Waals surface area (Å²) in [5, 5.41) is 0.503. The van der Waals surface area contributed by atoms with Crippen LogP contribution in [0.1, 0.15) is 33.4 Å². The number of hydrogen-bond donors (Lipinski definition) is 1. The van der Waals surface area contributed by atoms with E-state index in [2.05, 4.69) is 0 Å². The normalized spacial score (nSPS) is 11.6. The van der Waals surface area contributed by atoms with E-state index in [1.807, 2.05) is 109 Å². The molecule has 0 unspecified atom stereocenters. The van der Waals surface area contributed by atoms with Crippen molar-refractivity contribution in [2.75, 3.05) is 0 Å². The standard InChI is InChI=1S/C38H34FNO4S/c1-26-12-21-36(45(41,42)43)31(22-26)18-17-28-13-15-29(16-14-28)24-40-35-20-19-32(44-25-30-9-4-3-5-10-30)23-34(35)37(39)38(40)33-11-7-6-8-27(33)2/h3-16,19-23H,17-18,24-25H2,1-2H3,(H,41,42,43). The Kier molecular flexibility index (Phi) is 8.57. The lowest BCUT2D eigenvalue weighted by Crippen LogP contribution is -2.05. The summed E-state index contributed by atoms with van der Waals surface area (Å²) >= 11 is 0. The SMILES string of the molecule is Cc1ccc(S(=O)(=O)O)c(CCc2ccc(Cn3c(-c4ccccc4C)c(F)c4cc(OCc5ccccc5)ccc43)cc2)c1. The number of benzene rings is 5. The minimum atomic E-state index is -4.30. The van der Waals surface area contributed by atoms with Gasteiger partial charge in [0.15, 0.2) is 5.82 Å². The molecule has 1 aromatic heterocycles. The maximum atomic E-state index is 16.3. The van der Waals surface area contributed by atoms with Crippen molar-refractivity contribution in [3.8, 4) is 17.0 Å². The fourth-order valence-corrected chi connectivity index (χ4v) is 6.55. The maximum absolute atomic E-state index is 16.3. The van der Waals surface area contributed by atoms with Gasteiger partial charge in [0.25, 0.3) is 10.1 Å². The van der Waals surface area contributed by atoms with E-state index >= 15 is 4.39 Å². The second-order valence-electron chi connectivity index (χ2n) is 11.4. The topological polar surface area (TPSA) is 68.5 Å². The minimum Gasteiger partial charge on any atom is -0.489 e. The summed E-state index contributed by atoms with van der Waals surface area (Å²) in [6.45, 7) is 4.73. The van der Waals surface area contributed by atoms with Crippen molar-refractivity contribution >= 4 is 21.0 Å². The van der Waals surface area contributed by atoms with Gasteiger partial charge in [0.2, 0.25) is 0 Å². The smallest absolute Gasteiger partial charge is 0.294 e. The predicted octanol–water partition coefficient (Wildman–Crippen LogP) is 8.72. The van der Waals surface area contributed by atoms with Gasteiger partial charge in [0.1, 0.15) is 12.4 Å². The van der Waals surface area contributed by atoms with Gasteiger partial charge in [-0.15, -0.1) is 0 Å². The fourth-order valence-electron chi connectivity index (χ4n) is 5.82. The van der Waals surface area contributed by atoms with Gasteiger partial charge >= 0.3 is 0 Å². The highest BCUT2D eigenvalue weighted by Crippen LogP contribution is 2.36. The number of hydrogen-bond acceptors (Lipinski definition) is 3. The van der Waals surface area contributed by atoms with Crippen LogP contribution in [0.25, 0.3) is 22.2 Å². The van der Waals surface area contributed by atoms with Crippen LogP contribution in [0.2, 0.25) is 0 Å². The molecule has 0 radical (unpaired) electrons. The summed E-state index contributed by atoms with van der Waals surface area (Å²) < 4.78 is 57.8. The number of nitrogens with zero attached hydrogens (tertiary/aromatic N) is 1. The van der Waals surface area contributed by atoms with Crippen LogP contribution < -0.4 is 4.74 Å². The lowest BCUT2D eigenvalue weighted by molar-refractivity contribution is 0.306. The number of halogens is 1. The predicted molar refractivity (Wildman–Crippen MR) is 177 cm³/mol. The highest BCUT2D eigenvalue weighted by Gasteiger charge is 2.21. The van der Waals surface area contributed by atoms with E-state index < -0.39 is 10.1 Å². The average Bonchev–Trinajstić information content (AvgIpc) is 3.29. The number of aromatic nitrogens is 1. The summed E-state index contributed by atoms with van der Waals surface area (Å²) in [4.78, 5) is -0.0522. The zero-order valence-corrected chi connectivity index (χ0v) is 26.0. The molecule has 7 heteroatoms. The Morgan fingerprint density at radius 1 is 0.756 bits per heavy atom. The van der Waals surface area contributed by atoms with Crippen molar-refractivity contribution in [2.24, 2.45) is 0 Å². The summed E-state index contributed by atoms with van der Waals surface area (Å²) in [7, 11) is -4.30. The Bertz CT molecular complexity index is 2090. The summed E-state index contributed by atoms with van der Waals surface area (Å²) in [5.41, 5.74) is 7.72. The van der Waals surface area contributed by atoms with Crippen molar-refractivity contribution in [3.05, 3.63) is 154 Å². The van der Waals surface area contributed by atoms with E-state index in [1.165, 1.54) is 6.07 Å². The Labute approximate surface area is 263 Å². The van der Waals surface area contributed by atoms with E-state index in [0.29, 0.717) is 48.4 Å². The second-order valence-corrected chi connectivity index (χ2v) is 12.8. The van der Waals surface area contributed by atoms with Gasteiger partial charge < -0.3 is 9.30 Å². The van der Waals surface area contributed by atoms with Crippen LogP contribution in [0.4, 0.5) is 4.39 Å². The molecule has 1 N–H and O–H groups in total. The molecule has 45 heavy (non-hydrogen) atoms. The Hall–Kier alpha value is -4.72. The first kappa shape index (κ1) is 30.3. The first-order valence-corrected chi connectivity index (χ1v) is 16.3.